The predicted molar refractivity (Wildman–Crippen MR) is 115 cm³/mol. The average Bonchev–Trinajstić information content (AvgIpc) is 3.15. The highest BCUT2D eigenvalue weighted by Gasteiger charge is 2.27. The van der Waals surface area contributed by atoms with Crippen LogP contribution in [0.2, 0.25) is 0 Å². The summed E-state index contributed by atoms with van der Waals surface area (Å²) in [7, 11) is 3.05. The van der Waals surface area contributed by atoms with E-state index in [9.17, 15) is 9.59 Å². The van der Waals surface area contributed by atoms with Gasteiger partial charge in [-0.15, -0.1) is 0 Å². The Kier molecular flexibility index (Phi) is 5.48. The molecule has 3 N–H and O–H groups in total. The van der Waals surface area contributed by atoms with Crippen LogP contribution in [-0.2, 0) is 9.59 Å². The summed E-state index contributed by atoms with van der Waals surface area (Å²) < 4.78 is 11.4. The highest BCUT2D eigenvalue weighted by Crippen LogP contribution is 2.30. The summed E-state index contributed by atoms with van der Waals surface area (Å²) in [6, 6.07) is 11.8. The van der Waals surface area contributed by atoms with Crippen molar-refractivity contribution in [2.24, 2.45) is 4.99 Å². The molecule has 154 valence electrons. The Morgan fingerprint density at radius 3 is 2.73 bits per heavy atom. The second-order valence-corrected chi connectivity index (χ2v) is 7.45. The number of carbonyl (C=O) groups is 2. The van der Waals surface area contributed by atoms with Crippen LogP contribution in [0.25, 0.3) is 10.2 Å². The maximum absolute atomic E-state index is 12.7. The fourth-order valence-corrected chi connectivity index (χ4v) is 3.84. The van der Waals surface area contributed by atoms with E-state index in [1.807, 2.05) is 24.3 Å². The highest BCUT2D eigenvalue weighted by molar-refractivity contribution is 7.22. The minimum atomic E-state index is -0.872. The molecule has 3 aromatic rings. The van der Waals surface area contributed by atoms with Crippen LogP contribution in [0.5, 0.6) is 11.5 Å². The van der Waals surface area contributed by atoms with Gasteiger partial charge in [0.25, 0.3) is 0 Å². The number of hydrogen-bond donors (Lipinski definition) is 3. The minimum Gasteiger partial charge on any atom is -0.493 e. The zero-order chi connectivity index (χ0) is 21.1. The number of rotatable bonds is 5. The van der Waals surface area contributed by atoms with Crippen molar-refractivity contribution < 1.29 is 19.1 Å². The number of ether oxygens (including phenoxy) is 2. The van der Waals surface area contributed by atoms with Crippen molar-refractivity contribution in [3.8, 4) is 11.5 Å². The van der Waals surface area contributed by atoms with Crippen LogP contribution >= 0.6 is 11.3 Å². The molecule has 1 aromatic heterocycles. The Morgan fingerprint density at radius 2 is 1.97 bits per heavy atom. The normalized spacial score (nSPS) is 15.9. The van der Waals surface area contributed by atoms with Gasteiger partial charge in [0.1, 0.15) is 6.04 Å². The summed E-state index contributed by atoms with van der Waals surface area (Å²) in [5, 5.41) is 8.97. The molecule has 0 fully saturated rings. The number of anilines is 2. The first-order chi connectivity index (χ1) is 14.6. The Hall–Kier alpha value is -3.66. The number of aliphatic imine (C=N–C) groups is 1. The van der Waals surface area contributed by atoms with Crippen molar-refractivity contribution in [2.45, 2.75) is 12.5 Å². The van der Waals surface area contributed by atoms with E-state index >= 15 is 0 Å². The molecular weight excluding hydrogens is 406 g/mol. The van der Waals surface area contributed by atoms with E-state index in [0.717, 1.165) is 10.2 Å². The third kappa shape index (κ3) is 4.18. The number of amides is 2. The SMILES string of the molecule is COc1ccc(NC(=O)C2CC(=O)NC(Nc3nc4ccccc4s3)=N2)cc1OC. The zero-order valence-corrected chi connectivity index (χ0v) is 17.1. The Morgan fingerprint density at radius 1 is 1.17 bits per heavy atom. The molecule has 1 aliphatic rings. The lowest BCUT2D eigenvalue weighted by Crippen LogP contribution is -2.45. The number of guanidine groups is 1. The first-order valence-corrected chi connectivity index (χ1v) is 9.90. The lowest BCUT2D eigenvalue weighted by atomic mass is 10.1. The molecular formula is C20H19N5O4S. The molecule has 0 radical (unpaired) electrons. The molecule has 2 heterocycles. The van der Waals surface area contributed by atoms with Crippen LogP contribution < -0.4 is 25.4 Å². The first kappa shape index (κ1) is 19.6. The lowest BCUT2D eigenvalue weighted by molar-refractivity contribution is -0.124. The number of nitrogens with zero attached hydrogens (tertiary/aromatic N) is 2. The van der Waals surface area contributed by atoms with Crippen LogP contribution in [0.15, 0.2) is 47.5 Å². The molecule has 10 heteroatoms. The minimum absolute atomic E-state index is 0.0514. The van der Waals surface area contributed by atoms with E-state index in [1.165, 1.54) is 25.6 Å². The van der Waals surface area contributed by atoms with Crippen molar-refractivity contribution in [1.82, 2.24) is 10.3 Å². The first-order valence-electron chi connectivity index (χ1n) is 9.09. The Labute approximate surface area is 176 Å². The molecule has 1 aliphatic heterocycles. The summed E-state index contributed by atoms with van der Waals surface area (Å²) in [6.45, 7) is 0. The number of hydrogen-bond acceptors (Lipinski definition) is 8. The molecule has 0 saturated carbocycles. The number of aromatic nitrogens is 1. The van der Waals surface area contributed by atoms with Gasteiger partial charge in [0.15, 0.2) is 16.6 Å². The third-order valence-corrected chi connectivity index (χ3v) is 5.35. The van der Waals surface area contributed by atoms with Gasteiger partial charge in [0.2, 0.25) is 17.8 Å². The van der Waals surface area contributed by atoms with Crippen LogP contribution in [0.4, 0.5) is 10.8 Å². The van der Waals surface area contributed by atoms with Gasteiger partial charge in [0.05, 0.1) is 30.9 Å². The topological polar surface area (TPSA) is 114 Å². The predicted octanol–water partition coefficient (Wildman–Crippen LogP) is 2.61. The smallest absolute Gasteiger partial charge is 0.249 e. The molecule has 1 unspecified atom stereocenters. The van der Waals surface area contributed by atoms with Crippen molar-refractivity contribution in [2.75, 3.05) is 24.9 Å². The number of carbonyl (C=O) groups excluding carboxylic acids is 2. The Balaban J connectivity index is 1.50. The lowest BCUT2D eigenvalue weighted by Gasteiger charge is -2.20. The second-order valence-electron chi connectivity index (χ2n) is 6.42. The fraction of sp³-hybridized carbons (Fsp3) is 0.200. The van der Waals surface area contributed by atoms with E-state index in [-0.39, 0.29) is 18.3 Å². The number of methoxy groups -OCH3 is 2. The van der Waals surface area contributed by atoms with Gasteiger partial charge in [-0.1, -0.05) is 23.5 Å². The zero-order valence-electron chi connectivity index (χ0n) is 16.3. The molecule has 1 atom stereocenters. The Bertz CT molecular complexity index is 1110. The number of para-hydroxylation sites is 1. The fourth-order valence-electron chi connectivity index (χ4n) is 2.97. The van der Waals surface area contributed by atoms with E-state index in [4.69, 9.17) is 9.47 Å². The number of benzene rings is 2. The number of fused-ring (bicyclic) bond motifs is 1. The molecule has 0 aliphatic carbocycles. The highest BCUT2D eigenvalue weighted by atomic mass is 32.1. The molecule has 0 spiro atoms. The van der Waals surface area contributed by atoms with Crippen molar-refractivity contribution in [3.05, 3.63) is 42.5 Å². The third-order valence-electron chi connectivity index (χ3n) is 4.39. The molecule has 30 heavy (non-hydrogen) atoms. The van der Waals surface area contributed by atoms with Gasteiger partial charge in [0, 0.05) is 11.8 Å². The molecule has 0 bridgehead atoms. The van der Waals surface area contributed by atoms with Crippen LogP contribution in [0.1, 0.15) is 6.42 Å². The van der Waals surface area contributed by atoms with E-state index in [1.54, 1.807) is 18.2 Å². The number of thiazole rings is 1. The molecule has 0 saturated heterocycles. The largest absolute Gasteiger partial charge is 0.493 e. The van der Waals surface area contributed by atoms with E-state index in [2.05, 4.69) is 25.9 Å². The van der Waals surface area contributed by atoms with E-state index < -0.39 is 11.9 Å². The molecule has 4 rings (SSSR count). The molecule has 9 nitrogen and oxygen atoms in total. The molecule has 2 amide bonds. The van der Waals surface area contributed by atoms with Crippen LogP contribution in [-0.4, -0.2) is 43.0 Å². The average molecular weight is 425 g/mol. The summed E-state index contributed by atoms with van der Waals surface area (Å²) >= 11 is 1.43. The van der Waals surface area contributed by atoms with Crippen LogP contribution in [0.3, 0.4) is 0 Å². The molecule has 2 aromatic carbocycles. The van der Waals surface area contributed by atoms with Crippen LogP contribution in [0, 0.1) is 0 Å². The second kappa shape index (κ2) is 8.37. The van der Waals surface area contributed by atoms with Crippen molar-refractivity contribution >= 4 is 50.1 Å². The van der Waals surface area contributed by atoms with Gasteiger partial charge < -0.3 is 20.1 Å². The quantitative estimate of drug-likeness (QED) is 0.579. The van der Waals surface area contributed by atoms with Crippen molar-refractivity contribution in [3.63, 3.8) is 0 Å². The van der Waals surface area contributed by atoms with Gasteiger partial charge in [-0.3, -0.25) is 14.9 Å². The van der Waals surface area contributed by atoms with Gasteiger partial charge in [-0.05, 0) is 24.3 Å². The van der Waals surface area contributed by atoms with Gasteiger partial charge >= 0.3 is 0 Å². The summed E-state index contributed by atoms with van der Waals surface area (Å²) in [4.78, 5) is 33.6. The van der Waals surface area contributed by atoms with E-state index in [0.29, 0.717) is 22.3 Å². The standard InChI is InChI=1S/C20H19N5O4S/c1-28-14-8-7-11(9-15(14)29-2)21-18(27)13-10-17(26)24-19(22-13)25-20-23-12-5-3-4-6-16(12)30-20/h3-9,13H,10H2,1-2H3,(H,21,27)(H2,22,23,24,25,26). The maximum atomic E-state index is 12.7. The maximum Gasteiger partial charge on any atom is 0.249 e. The summed E-state index contributed by atoms with van der Waals surface area (Å²) in [6.07, 6.45) is -0.0514. The van der Waals surface area contributed by atoms with Crippen molar-refractivity contribution in [1.29, 1.82) is 0 Å². The summed E-state index contributed by atoms with van der Waals surface area (Å²) in [5.41, 5.74) is 1.36. The van der Waals surface area contributed by atoms with Gasteiger partial charge in [-0.25, -0.2) is 9.98 Å². The monoisotopic (exact) mass is 425 g/mol. The summed E-state index contributed by atoms with van der Waals surface area (Å²) in [5.74, 6) is 0.519. The number of nitrogens with one attached hydrogen (secondary N) is 3. The van der Waals surface area contributed by atoms with Gasteiger partial charge in [-0.2, -0.15) is 0 Å².